The van der Waals surface area contributed by atoms with Crippen molar-refractivity contribution in [3.8, 4) is 0 Å². The second kappa shape index (κ2) is 30.5. The van der Waals surface area contributed by atoms with Gasteiger partial charge in [-0.25, -0.2) is 21.8 Å². The van der Waals surface area contributed by atoms with Gasteiger partial charge in [0.1, 0.15) is 42.0 Å². The van der Waals surface area contributed by atoms with E-state index in [1.165, 1.54) is 42.6 Å². The molecule has 0 fully saturated rings. The predicted octanol–water partition coefficient (Wildman–Crippen LogP) is -10.8. The summed E-state index contributed by atoms with van der Waals surface area (Å²) >= 11 is 0.647. The van der Waals surface area contributed by atoms with Gasteiger partial charge in [-0.15, -0.1) is 0 Å². The number of nitrogens with two attached hydrogens (primary N) is 1. The maximum Gasteiger partial charge on any atom is 1.00 e. The molecule has 0 bridgehead atoms. The molecule has 3 aromatic carbocycles. The molecule has 1 heterocycles. The third kappa shape index (κ3) is 21.0. The van der Waals surface area contributed by atoms with Gasteiger partial charge in [-0.05, 0) is 66.7 Å². The monoisotopic (exact) mass is 996 g/mol. The van der Waals surface area contributed by atoms with Crippen molar-refractivity contribution in [3.05, 3.63) is 103 Å². The van der Waals surface area contributed by atoms with Crippen LogP contribution in [0, 0.1) is 0 Å². The number of hydrogen-bond acceptors (Lipinski definition) is 18. The number of nitrogens with zero attached hydrogens (tertiary/aromatic N) is 1. The average Bonchev–Trinajstić information content (AvgIpc) is 3.15. The van der Waals surface area contributed by atoms with Crippen molar-refractivity contribution in [2.24, 2.45) is 5.73 Å². The molecule has 4 rings (SSSR count). The van der Waals surface area contributed by atoms with E-state index in [0.717, 1.165) is 12.1 Å². The first-order chi connectivity index (χ1) is 25.4. The Morgan fingerprint density at radius 2 is 1.29 bits per heavy atom. The average molecular weight is 998 g/mol. The number of pyridine rings is 1. The van der Waals surface area contributed by atoms with E-state index in [1.807, 2.05) is 0 Å². The van der Waals surface area contributed by atoms with Crippen molar-refractivity contribution in [3.63, 3.8) is 0 Å². The number of carboxylic acids is 1. The standard InChI is InChI=1S/C18H15O9PS3.C6H7N4O.C6H13NO5.3Na.Tc/c19-26-27-29-16-7-1-4-13(10-16)28(14-5-2-8-17(11-14)30(20,21)22)15-6-3-9-18(12-15)31(23,24)25;7-6(11)4-1-2-5(10-8)9-3-4;8-2-6(3-9,4-10)7-1-5(11)12;;;;/h1-12,19H,(H,20,21,22)(H,23,24,25);1-3,8H,(H3,7,9,10,11);7-10H,1-4H2,(H,11,12);;;;/q;-1;;3*+1;/p-2. The first-order valence-electron chi connectivity index (χ1n) is 14.6. The Morgan fingerprint density at radius 3 is 1.66 bits per heavy atom. The van der Waals surface area contributed by atoms with Crippen molar-refractivity contribution in [1.82, 2.24) is 10.3 Å². The SMILES string of the molecule is O=C(O)CNC(CO)(CO)CO.O=S(=O)([O-])c1cccc([PH+](c2cccc(SOO[O-])c2)c2cccc(S(=O)(=O)[O-])c2)c1.[NH-]Nc1ccc(C(N)=O)cn1.[Na+].[Na+].[Na+].[Tc]. The maximum atomic E-state index is 11.5. The van der Waals surface area contributed by atoms with Gasteiger partial charge in [0.2, 0.25) is 5.91 Å². The summed E-state index contributed by atoms with van der Waals surface area (Å²) in [6.45, 7) is -1.98. The van der Waals surface area contributed by atoms with Gasteiger partial charge in [-0.3, -0.25) is 19.9 Å². The van der Waals surface area contributed by atoms with Crippen LogP contribution < -0.4 is 126 Å². The Labute approximate surface area is 418 Å². The van der Waals surface area contributed by atoms with Crippen LogP contribution in [0.3, 0.4) is 0 Å². The van der Waals surface area contributed by atoms with Crippen LogP contribution in [0.2, 0.25) is 0 Å². The van der Waals surface area contributed by atoms with Crippen molar-refractivity contribution in [1.29, 1.82) is 0 Å². The molecular weight excluding hydrogens is 964 g/mol. The molecule has 0 atom stereocenters. The molecule has 0 aliphatic rings. The Bertz CT molecular complexity index is 2000. The number of aliphatic carboxylic acids is 1. The first kappa shape index (κ1) is 61.8. The van der Waals surface area contributed by atoms with Crippen LogP contribution in [-0.2, 0) is 54.5 Å². The first-order valence-corrected chi connectivity index (χ1v) is 19.7. The summed E-state index contributed by atoms with van der Waals surface area (Å²) < 4.78 is 73.4. The van der Waals surface area contributed by atoms with E-state index in [-0.39, 0.29) is 109 Å². The predicted molar refractivity (Wildman–Crippen MR) is 191 cm³/mol. The van der Waals surface area contributed by atoms with Crippen molar-refractivity contribution in [2.45, 2.75) is 20.2 Å². The Morgan fingerprint density at radius 1 is 0.828 bits per heavy atom. The zero-order chi connectivity index (χ0) is 40.5. The zero-order valence-corrected chi connectivity index (χ0v) is 42.2. The van der Waals surface area contributed by atoms with Crippen LogP contribution in [0.15, 0.2) is 106 Å². The van der Waals surface area contributed by atoms with Crippen molar-refractivity contribution in [2.75, 3.05) is 31.8 Å². The minimum absolute atomic E-state index is 0. The molecule has 0 spiro atoms. The van der Waals surface area contributed by atoms with Gasteiger partial charge in [-0.1, -0.05) is 18.2 Å². The molecule has 0 saturated carbocycles. The number of benzene rings is 3. The molecule has 1 radical (unpaired) electrons. The summed E-state index contributed by atoms with van der Waals surface area (Å²) in [5, 5.41) is 51.8. The molecule has 20 nitrogen and oxygen atoms in total. The van der Waals surface area contributed by atoms with Crippen LogP contribution in [0.1, 0.15) is 10.4 Å². The minimum atomic E-state index is -4.73. The van der Waals surface area contributed by atoms with Crippen LogP contribution in [0.25, 0.3) is 5.84 Å². The quantitative estimate of drug-likeness (QED) is 0.0137. The van der Waals surface area contributed by atoms with Gasteiger partial charge in [0, 0.05) is 31.2 Å². The van der Waals surface area contributed by atoms with E-state index in [9.17, 15) is 40.8 Å². The normalized spacial score (nSPS) is 10.7. The number of anilines is 1. The number of primary amides is 1. The van der Waals surface area contributed by atoms with E-state index in [2.05, 4.69) is 25.1 Å². The van der Waals surface area contributed by atoms with Gasteiger partial charge >= 0.3 is 94.6 Å². The summed E-state index contributed by atoms with van der Waals surface area (Å²) in [6.07, 6.45) is 1.32. The van der Waals surface area contributed by atoms with Crippen molar-refractivity contribution < 1.29 is 179 Å². The summed E-state index contributed by atoms with van der Waals surface area (Å²) in [6, 6.07) is 20.5. The van der Waals surface area contributed by atoms with E-state index in [1.54, 1.807) is 36.4 Å². The number of rotatable bonds is 16. The number of aliphatic hydroxyl groups is 3. The number of carbonyl (C=O) groups is 2. The Hall–Kier alpha value is -0.521. The van der Waals surface area contributed by atoms with E-state index < -0.39 is 81.7 Å². The number of hydrogen-bond donors (Lipinski definition) is 7. The molecule has 9 N–H and O–H groups in total. The number of amides is 1. The molecule has 0 aliphatic carbocycles. The zero-order valence-electron chi connectivity index (χ0n) is 30.9. The third-order valence-electron chi connectivity index (χ3n) is 6.80. The van der Waals surface area contributed by atoms with E-state index in [0.29, 0.717) is 44.2 Å². The molecule has 0 aliphatic heterocycles. The van der Waals surface area contributed by atoms with E-state index in [4.69, 9.17) is 32.0 Å². The number of carboxylic acid groups (broad SMARTS) is 1. The molecule has 0 unspecified atom stereocenters. The fraction of sp³-hybridized carbons (Fsp3) is 0.167. The second-order valence-electron chi connectivity index (χ2n) is 10.5. The van der Waals surface area contributed by atoms with Gasteiger partial charge in [0.15, 0.2) is 0 Å². The molecule has 4 aromatic rings. The molecule has 28 heteroatoms. The van der Waals surface area contributed by atoms with Crippen LogP contribution in [0.4, 0.5) is 5.82 Å². The van der Waals surface area contributed by atoms with Crippen LogP contribution >= 0.6 is 20.0 Å². The van der Waals surface area contributed by atoms with Gasteiger partial charge in [-0.2, -0.15) is 4.33 Å². The smallest absolute Gasteiger partial charge is 0.744 e. The molecule has 301 valence electrons. The minimum Gasteiger partial charge on any atom is -0.744 e. The number of carbonyl (C=O) groups excluding carboxylic acids is 1. The largest absolute Gasteiger partial charge is 1.00 e. The fourth-order valence-electron chi connectivity index (χ4n) is 4.07. The van der Waals surface area contributed by atoms with Gasteiger partial charge in [0.05, 0.1) is 67.2 Å². The molecule has 1 amide bonds. The van der Waals surface area contributed by atoms with Crippen molar-refractivity contribution >= 4 is 73.8 Å². The Kier molecular flexibility index (Phi) is 32.5. The fourth-order valence-corrected chi connectivity index (χ4v) is 8.52. The topological polar surface area (TPSA) is 358 Å². The number of nitrogens with one attached hydrogen (secondary N) is 3. The van der Waals surface area contributed by atoms with Gasteiger partial charge < -0.3 is 51.8 Å². The van der Waals surface area contributed by atoms with Crippen LogP contribution in [-0.4, -0.2) is 95.1 Å². The second-order valence-corrected chi connectivity index (χ2v) is 16.5. The number of aromatic nitrogens is 1. The third-order valence-corrected chi connectivity index (χ3v) is 11.7. The molecule has 1 aromatic heterocycles. The van der Waals surface area contributed by atoms with Crippen LogP contribution in [0.5, 0.6) is 0 Å². The maximum absolute atomic E-state index is 11.5. The Balaban J connectivity index is -0.000000932. The summed E-state index contributed by atoms with van der Waals surface area (Å²) in [5.74, 6) is 5.44. The molecular formula is C30H33N5Na3O15PS3Tc. The summed E-state index contributed by atoms with van der Waals surface area (Å²) in [5.41, 5.74) is 6.07. The summed E-state index contributed by atoms with van der Waals surface area (Å²) in [4.78, 5) is 23.9. The summed E-state index contributed by atoms with van der Waals surface area (Å²) in [7, 11) is -11.5. The molecule has 0 saturated heterocycles. The van der Waals surface area contributed by atoms with E-state index >= 15 is 0 Å². The number of aliphatic hydroxyl groups excluding tert-OH is 3. The molecule has 58 heavy (non-hydrogen) atoms. The van der Waals surface area contributed by atoms with Gasteiger partial charge in [0.25, 0.3) is 0 Å².